The second-order valence-electron chi connectivity index (χ2n) is 6.33. The van der Waals surface area contributed by atoms with Crippen LogP contribution < -0.4 is 4.74 Å². The molecule has 2 fully saturated rings. The molecule has 0 amide bonds. The van der Waals surface area contributed by atoms with Crippen LogP contribution >= 0.6 is 11.3 Å². The number of ether oxygens (including phenoxy) is 2. The molecule has 0 radical (unpaired) electrons. The second-order valence-corrected chi connectivity index (χ2v) is 7.11. The summed E-state index contributed by atoms with van der Waals surface area (Å²) < 4.78 is 25.5. The molecule has 23 heavy (non-hydrogen) atoms. The van der Waals surface area contributed by atoms with Crippen molar-refractivity contribution in [3.05, 3.63) is 46.5 Å². The number of hydrogen-bond acceptors (Lipinski definition) is 5. The Labute approximate surface area is 138 Å². The molecule has 4 rings (SSSR count). The Hall–Kier alpha value is -1.50. The van der Waals surface area contributed by atoms with E-state index in [1.54, 1.807) is 23.6 Å². The number of pyridine rings is 1. The predicted octanol–water partition coefficient (Wildman–Crippen LogP) is 3.09. The molecule has 0 saturated carbocycles. The number of halogens is 1. The molecule has 2 aromatic rings. The van der Waals surface area contributed by atoms with Crippen LogP contribution in [-0.2, 0) is 11.3 Å². The van der Waals surface area contributed by atoms with E-state index < -0.39 is 5.82 Å². The molecule has 0 aromatic carbocycles. The summed E-state index contributed by atoms with van der Waals surface area (Å²) in [6.45, 7) is 3.45. The molecule has 2 aromatic heterocycles. The van der Waals surface area contributed by atoms with Gasteiger partial charge in [-0.2, -0.15) is 11.3 Å². The largest absolute Gasteiger partial charge is 0.472 e. The quantitative estimate of drug-likeness (QED) is 0.861. The van der Waals surface area contributed by atoms with Crippen molar-refractivity contribution in [3.63, 3.8) is 0 Å². The maximum Gasteiger partial charge on any atom is 0.250 e. The topological polar surface area (TPSA) is 34.6 Å². The van der Waals surface area contributed by atoms with E-state index in [9.17, 15) is 4.39 Å². The Kier molecular flexibility index (Phi) is 4.05. The summed E-state index contributed by atoms with van der Waals surface area (Å²) >= 11 is 1.73. The molecule has 2 aliphatic heterocycles. The van der Waals surface area contributed by atoms with Crippen LogP contribution in [0.3, 0.4) is 0 Å². The summed E-state index contributed by atoms with van der Waals surface area (Å²) in [4.78, 5) is 6.36. The van der Waals surface area contributed by atoms with Gasteiger partial charge in [-0.05, 0) is 34.5 Å². The molecule has 0 N–H and O–H groups in total. The van der Waals surface area contributed by atoms with E-state index in [1.807, 2.05) is 0 Å². The van der Waals surface area contributed by atoms with E-state index in [1.165, 1.54) is 11.6 Å². The normalized spacial score (nSPS) is 23.6. The minimum absolute atomic E-state index is 0.0311. The fraction of sp³-hybridized carbons (Fsp3) is 0.471. The highest BCUT2D eigenvalue weighted by Gasteiger charge is 2.48. The lowest BCUT2D eigenvalue weighted by atomic mass is 9.84. The lowest BCUT2D eigenvalue weighted by Gasteiger charge is -2.53. The molecular formula is C17H19FN2O2S. The van der Waals surface area contributed by atoms with Crippen molar-refractivity contribution in [3.8, 4) is 5.88 Å². The van der Waals surface area contributed by atoms with Gasteiger partial charge in [0.15, 0.2) is 5.82 Å². The van der Waals surface area contributed by atoms with Crippen LogP contribution in [0.4, 0.5) is 4.39 Å². The maximum absolute atomic E-state index is 13.7. The van der Waals surface area contributed by atoms with Gasteiger partial charge < -0.3 is 9.47 Å². The molecule has 2 aliphatic rings. The zero-order chi connectivity index (χ0) is 15.7. The summed E-state index contributed by atoms with van der Waals surface area (Å²) in [6, 6.07) is 5.11. The van der Waals surface area contributed by atoms with Crippen molar-refractivity contribution in [2.75, 3.05) is 19.7 Å². The zero-order valence-corrected chi connectivity index (χ0v) is 13.6. The summed E-state index contributed by atoms with van der Waals surface area (Å²) in [5.41, 5.74) is 1.22. The van der Waals surface area contributed by atoms with E-state index >= 15 is 0 Å². The molecular weight excluding hydrogens is 315 g/mol. The third kappa shape index (κ3) is 3.24. The van der Waals surface area contributed by atoms with Gasteiger partial charge in [-0.3, -0.25) is 4.90 Å². The summed E-state index contributed by atoms with van der Waals surface area (Å²) in [7, 11) is 0. The van der Waals surface area contributed by atoms with Gasteiger partial charge in [-0.15, -0.1) is 0 Å². The average Bonchev–Trinajstić information content (AvgIpc) is 3.02. The highest BCUT2D eigenvalue weighted by Crippen LogP contribution is 2.36. The Bertz CT molecular complexity index is 658. The smallest absolute Gasteiger partial charge is 0.250 e. The average molecular weight is 334 g/mol. The fourth-order valence-electron chi connectivity index (χ4n) is 3.44. The van der Waals surface area contributed by atoms with Crippen LogP contribution in [0.1, 0.15) is 18.4 Å². The second kappa shape index (κ2) is 6.19. The molecule has 6 heteroatoms. The summed E-state index contributed by atoms with van der Waals surface area (Å²) in [5.74, 6) is -0.301. The molecule has 4 nitrogen and oxygen atoms in total. The zero-order valence-electron chi connectivity index (χ0n) is 12.8. The van der Waals surface area contributed by atoms with Crippen molar-refractivity contribution in [2.24, 2.45) is 0 Å². The Balaban J connectivity index is 1.34. The van der Waals surface area contributed by atoms with Crippen molar-refractivity contribution in [1.29, 1.82) is 0 Å². The summed E-state index contributed by atoms with van der Waals surface area (Å²) in [6.07, 6.45) is 3.10. The highest BCUT2D eigenvalue weighted by atomic mass is 32.1. The van der Waals surface area contributed by atoms with Crippen molar-refractivity contribution >= 4 is 11.3 Å². The third-order valence-corrected chi connectivity index (χ3v) is 5.19. The van der Waals surface area contributed by atoms with Gasteiger partial charge in [0, 0.05) is 38.7 Å². The highest BCUT2D eigenvalue weighted by molar-refractivity contribution is 7.07. The van der Waals surface area contributed by atoms with Crippen molar-refractivity contribution in [1.82, 2.24) is 9.88 Å². The monoisotopic (exact) mass is 334 g/mol. The minimum atomic E-state index is -0.402. The van der Waals surface area contributed by atoms with Gasteiger partial charge in [0.05, 0.1) is 12.2 Å². The molecule has 1 spiro atoms. The maximum atomic E-state index is 13.7. The SMILES string of the molecule is Fc1cccnc1OC1CCOC2(C1)CN(Cc1ccsc1)C2. The number of likely N-dealkylation sites (tertiary alicyclic amines) is 1. The molecule has 122 valence electrons. The molecule has 4 heterocycles. The van der Waals surface area contributed by atoms with Crippen LogP contribution in [0.15, 0.2) is 35.2 Å². The first-order valence-corrected chi connectivity index (χ1v) is 8.81. The molecule has 1 unspecified atom stereocenters. The van der Waals surface area contributed by atoms with E-state index in [4.69, 9.17) is 9.47 Å². The molecule has 0 bridgehead atoms. The van der Waals surface area contributed by atoms with E-state index in [0.717, 1.165) is 32.5 Å². The van der Waals surface area contributed by atoms with Crippen molar-refractivity contribution < 1.29 is 13.9 Å². The number of thiophene rings is 1. The number of aromatic nitrogens is 1. The van der Waals surface area contributed by atoms with Gasteiger partial charge in [0.1, 0.15) is 6.10 Å². The van der Waals surface area contributed by atoms with Crippen LogP contribution in [0.2, 0.25) is 0 Å². The standard InChI is InChI=1S/C17H19FN2O2S/c18-15-2-1-5-19-16(15)22-14-3-6-21-17(8-14)11-20(12-17)9-13-4-7-23-10-13/h1-2,4-5,7,10,14H,3,6,8-9,11-12H2. The van der Waals surface area contributed by atoms with E-state index in [-0.39, 0.29) is 17.6 Å². The summed E-state index contributed by atoms with van der Waals surface area (Å²) in [5, 5.41) is 4.29. The van der Waals surface area contributed by atoms with Gasteiger partial charge in [0.2, 0.25) is 0 Å². The van der Waals surface area contributed by atoms with Gasteiger partial charge in [0.25, 0.3) is 5.88 Å². The van der Waals surface area contributed by atoms with Crippen LogP contribution in [0.5, 0.6) is 5.88 Å². The van der Waals surface area contributed by atoms with Crippen LogP contribution in [-0.4, -0.2) is 41.3 Å². The molecule has 2 saturated heterocycles. The Morgan fingerprint density at radius 3 is 3.13 bits per heavy atom. The number of nitrogens with zero attached hydrogens (tertiary/aromatic N) is 2. The molecule has 0 aliphatic carbocycles. The fourth-order valence-corrected chi connectivity index (χ4v) is 4.10. The first-order valence-electron chi connectivity index (χ1n) is 7.87. The lowest BCUT2D eigenvalue weighted by molar-refractivity contribution is -0.188. The van der Waals surface area contributed by atoms with E-state index in [2.05, 4.69) is 26.7 Å². The molecule has 1 atom stereocenters. The number of hydrogen-bond donors (Lipinski definition) is 0. The Morgan fingerprint density at radius 2 is 2.35 bits per heavy atom. The lowest BCUT2D eigenvalue weighted by Crippen LogP contribution is -2.65. The van der Waals surface area contributed by atoms with Gasteiger partial charge in [-0.1, -0.05) is 0 Å². The number of rotatable bonds is 4. The predicted molar refractivity (Wildman–Crippen MR) is 86.1 cm³/mol. The minimum Gasteiger partial charge on any atom is -0.472 e. The van der Waals surface area contributed by atoms with Gasteiger partial charge in [-0.25, -0.2) is 9.37 Å². The Morgan fingerprint density at radius 1 is 1.43 bits per heavy atom. The first-order chi connectivity index (χ1) is 11.2. The van der Waals surface area contributed by atoms with Crippen molar-refractivity contribution in [2.45, 2.75) is 31.1 Å². The van der Waals surface area contributed by atoms with Crippen LogP contribution in [0.25, 0.3) is 0 Å². The van der Waals surface area contributed by atoms with E-state index in [0.29, 0.717) is 6.61 Å². The first kappa shape index (κ1) is 15.1. The van der Waals surface area contributed by atoms with Crippen LogP contribution in [0, 0.1) is 5.82 Å². The van der Waals surface area contributed by atoms with Gasteiger partial charge >= 0.3 is 0 Å². The third-order valence-electron chi connectivity index (χ3n) is 4.46.